The van der Waals surface area contributed by atoms with Crippen molar-refractivity contribution in [3.05, 3.63) is 31.7 Å². The van der Waals surface area contributed by atoms with Crippen molar-refractivity contribution in [1.82, 2.24) is 0 Å². The molecule has 1 rings (SSSR count). The van der Waals surface area contributed by atoms with Gasteiger partial charge in [0.05, 0.1) is 9.21 Å². The van der Waals surface area contributed by atoms with Gasteiger partial charge in [0.2, 0.25) is 0 Å². The molecule has 0 saturated carbocycles. The van der Waals surface area contributed by atoms with E-state index in [0.717, 1.165) is 4.24 Å². The van der Waals surface area contributed by atoms with Gasteiger partial charge in [0.1, 0.15) is 0 Å². The molecule has 0 aliphatic heterocycles. The molecule has 0 N–H and O–H groups in total. The number of thiophene rings is 1. The maximum absolute atomic E-state index is 11.6. The van der Waals surface area contributed by atoms with E-state index in [1.807, 2.05) is 12.5 Å². The van der Waals surface area contributed by atoms with Gasteiger partial charge >= 0.3 is 0 Å². The van der Waals surface area contributed by atoms with Gasteiger partial charge in [-0.2, -0.15) is 0 Å². The summed E-state index contributed by atoms with van der Waals surface area (Å²) in [6.07, 6.45) is 5.56. The fourth-order valence-corrected chi connectivity index (χ4v) is 2.90. The lowest BCUT2D eigenvalue weighted by atomic mass is 10.3. The third kappa shape index (κ3) is 3.35. The van der Waals surface area contributed by atoms with Gasteiger partial charge in [-0.15, -0.1) is 34.9 Å². The highest BCUT2D eigenvalue weighted by Gasteiger charge is 2.06. The molecule has 0 aromatic carbocycles. The number of thioether (sulfide) groups is 2. The summed E-state index contributed by atoms with van der Waals surface area (Å²) in [4.78, 5) is 12.3. The molecule has 5 heteroatoms. The van der Waals surface area contributed by atoms with E-state index in [-0.39, 0.29) is 5.78 Å². The minimum atomic E-state index is 0.0283. The van der Waals surface area contributed by atoms with Crippen molar-refractivity contribution in [2.45, 2.75) is 0 Å². The molecule has 1 heterocycles. The van der Waals surface area contributed by atoms with Crippen LogP contribution in [0, 0.1) is 0 Å². The van der Waals surface area contributed by atoms with E-state index in [1.165, 1.54) is 11.3 Å². The van der Waals surface area contributed by atoms with Gasteiger partial charge in [-0.1, -0.05) is 11.6 Å². The molecule has 1 aromatic rings. The Morgan fingerprint density at radius 3 is 2.50 bits per heavy atom. The lowest BCUT2D eigenvalue weighted by Crippen LogP contribution is -1.89. The second kappa shape index (κ2) is 5.85. The summed E-state index contributed by atoms with van der Waals surface area (Å²) >= 11 is 10.2. The third-order valence-corrected chi connectivity index (χ3v) is 4.75. The molecule has 1 nitrogen and oxygen atoms in total. The number of ketones is 1. The summed E-state index contributed by atoms with van der Waals surface area (Å²) in [6, 6.07) is 3.50. The molecule has 0 radical (unpaired) electrons. The number of hydrogen-bond acceptors (Lipinski definition) is 4. The maximum Gasteiger partial charge on any atom is 0.197 e. The van der Waals surface area contributed by atoms with Gasteiger partial charge in [0.25, 0.3) is 0 Å². The topological polar surface area (TPSA) is 17.1 Å². The first-order chi connectivity index (χ1) is 6.67. The second-order valence-corrected chi connectivity index (χ2v) is 6.01. The number of hydrogen-bond donors (Lipinski definition) is 0. The standard InChI is InChI=1S/C9H9ClOS3/c1-12-9(13-2)5-6(11)7-3-4-8(10)14-7/h3-5H,1-2H3. The predicted octanol–water partition coefficient (Wildman–Crippen LogP) is 4.15. The van der Waals surface area contributed by atoms with Gasteiger partial charge in [0, 0.05) is 10.3 Å². The van der Waals surface area contributed by atoms with Crippen LogP contribution in [0.5, 0.6) is 0 Å². The molecular weight excluding hydrogens is 256 g/mol. The van der Waals surface area contributed by atoms with Crippen molar-refractivity contribution in [1.29, 1.82) is 0 Å². The van der Waals surface area contributed by atoms with Crippen LogP contribution in [-0.4, -0.2) is 18.3 Å². The number of rotatable bonds is 4. The Morgan fingerprint density at radius 2 is 2.07 bits per heavy atom. The van der Waals surface area contributed by atoms with Crippen molar-refractivity contribution in [3.8, 4) is 0 Å². The quantitative estimate of drug-likeness (QED) is 0.601. The van der Waals surface area contributed by atoms with Crippen molar-refractivity contribution in [2.75, 3.05) is 12.5 Å². The Kier molecular flexibility index (Phi) is 5.09. The summed E-state index contributed by atoms with van der Waals surface area (Å²) in [5.74, 6) is 0.0283. The van der Waals surface area contributed by atoms with Gasteiger partial charge < -0.3 is 0 Å². The number of allylic oxidation sites excluding steroid dienone is 1. The largest absolute Gasteiger partial charge is 0.288 e. The summed E-state index contributed by atoms with van der Waals surface area (Å²) in [5.41, 5.74) is 0. The van der Waals surface area contributed by atoms with Crippen LogP contribution in [0.1, 0.15) is 9.67 Å². The molecular formula is C9H9ClOS3. The van der Waals surface area contributed by atoms with E-state index in [9.17, 15) is 4.79 Å². The fraction of sp³-hybridized carbons (Fsp3) is 0.222. The van der Waals surface area contributed by atoms with Crippen molar-refractivity contribution >= 4 is 52.2 Å². The lowest BCUT2D eigenvalue weighted by molar-refractivity contribution is 0.105. The van der Waals surface area contributed by atoms with Gasteiger partial charge in [-0.3, -0.25) is 4.79 Å². The Labute approximate surface area is 101 Å². The third-order valence-electron chi connectivity index (χ3n) is 1.47. The van der Waals surface area contributed by atoms with Crippen LogP contribution in [0.3, 0.4) is 0 Å². The molecule has 0 saturated heterocycles. The molecule has 1 aromatic heterocycles. The summed E-state index contributed by atoms with van der Waals surface area (Å²) in [6.45, 7) is 0. The van der Waals surface area contributed by atoms with E-state index in [0.29, 0.717) is 9.21 Å². The van der Waals surface area contributed by atoms with Crippen molar-refractivity contribution in [2.24, 2.45) is 0 Å². The first kappa shape index (κ1) is 12.2. The molecule has 0 bridgehead atoms. The van der Waals surface area contributed by atoms with Gasteiger partial charge in [-0.25, -0.2) is 0 Å². The molecule has 0 aliphatic carbocycles. The molecule has 0 amide bonds. The predicted molar refractivity (Wildman–Crippen MR) is 68.8 cm³/mol. The monoisotopic (exact) mass is 264 g/mol. The van der Waals surface area contributed by atoms with E-state index in [4.69, 9.17) is 11.6 Å². The van der Waals surface area contributed by atoms with Crippen LogP contribution in [0.25, 0.3) is 0 Å². The SMILES string of the molecule is CSC(=CC(=O)c1ccc(Cl)s1)SC. The molecule has 0 fully saturated rings. The molecule has 0 atom stereocenters. The number of carbonyl (C=O) groups is 1. The molecule has 0 unspecified atom stereocenters. The number of halogens is 1. The minimum Gasteiger partial charge on any atom is -0.288 e. The fourth-order valence-electron chi connectivity index (χ4n) is 0.826. The smallest absolute Gasteiger partial charge is 0.197 e. The van der Waals surface area contributed by atoms with Gasteiger partial charge in [0.15, 0.2) is 5.78 Å². The Morgan fingerprint density at radius 1 is 1.43 bits per heavy atom. The second-order valence-electron chi connectivity index (χ2n) is 2.34. The van der Waals surface area contributed by atoms with Crippen LogP contribution in [0.2, 0.25) is 4.34 Å². The summed E-state index contributed by atoms with van der Waals surface area (Å²) in [5, 5.41) is 0. The summed E-state index contributed by atoms with van der Waals surface area (Å²) < 4.78 is 1.66. The average Bonchev–Trinajstić information content (AvgIpc) is 2.61. The Balaban J connectivity index is 2.81. The van der Waals surface area contributed by atoms with Crippen LogP contribution < -0.4 is 0 Å². The van der Waals surface area contributed by atoms with Crippen LogP contribution in [0.15, 0.2) is 22.4 Å². The summed E-state index contributed by atoms with van der Waals surface area (Å²) in [7, 11) is 0. The molecule has 76 valence electrons. The lowest BCUT2D eigenvalue weighted by Gasteiger charge is -1.96. The highest BCUT2D eigenvalue weighted by atomic mass is 35.5. The molecule has 14 heavy (non-hydrogen) atoms. The minimum absolute atomic E-state index is 0.0283. The van der Waals surface area contributed by atoms with Crippen LogP contribution in [-0.2, 0) is 0 Å². The zero-order chi connectivity index (χ0) is 10.6. The Bertz CT molecular complexity index is 351. The van der Waals surface area contributed by atoms with E-state index >= 15 is 0 Å². The normalized spacial score (nSPS) is 9.93. The number of carbonyl (C=O) groups excluding carboxylic acids is 1. The highest BCUT2D eigenvalue weighted by molar-refractivity contribution is 8.21. The van der Waals surface area contributed by atoms with Crippen molar-refractivity contribution in [3.63, 3.8) is 0 Å². The van der Waals surface area contributed by atoms with E-state index < -0.39 is 0 Å². The van der Waals surface area contributed by atoms with Crippen LogP contribution in [0.4, 0.5) is 0 Å². The average molecular weight is 265 g/mol. The maximum atomic E-state index is 11.6. The first-order valence-electron chi connectivity index (χ1n) is 3.76. The highest BCUT2D eigenvalue weighted by Crippen LogP contribution is 2.26. The zero-order valence-corrected chi connectivity index (χ0v) is 10.9. The molecule has 0 aliphatic rings. The first-order valence-corrected chi connectivity index (χ1v) is 7.41. The zero-order valence-electron chi connectivity index (χ0n) is 7.74. The van der Waals surface area contributed by atoms with Crippen LogP contribution >= 0.6 is 46.5 Å². The van der Waals surface area contributed by atoms with E-state index in [2.05, 4.69) is 0 Å². The van der Waals surface area contributed by atoms with Crippen molar-refractivity contribution < 1.29 is 4.79 Å². The Hall–Kier alpha value is 0.100. The van der Waals surface area contributed by atoms with Gasteiger partial charge in [-0.05, 0) is 24.6 Å². The molecule has 0 spiro atoms. The van der Waals surface area contributed by atoms with E-state index in [1.54, 1.807) is 41.7 Å².